The van der Waals surface area contributed by atoms with Crippen LogP contribution in [0.2, 0.25) is 0 Å². The monoisotopic (exact) mass is 258 g/mol. The van der Waals surface area contributed by atoms with Crippen molar-refractivity contribution in [3.8, 4) is 0 Å². The third-order valence-electron chi connectivity index (χ3n) is 4.34. The SMILES string of the molecule is O=C(CNC1CCCCC1)N1CCc2ccccc21. The van der Waals surface area contributed by atoms with Gasteiger partial charge in [0, 0.05) is 18.3 Å². The van der Waals surface area contributed by atoms with Gasteiger partial charge in [-0.1, -0.05) is 37.5 Å². The molecule has 102 valence electrons. The van der Waals surface area contributed by atoms with E-state index in [0.29, 0.717) is 12.6 Å². The van der Waals surface area contributed by atoms with Crippen molar-refractivity contribution in [1.29, 1.82) is 0 Å². The van der Waals surface area contributed by atoms with E-state index >= 15 is 0 Å². The molecular formula is C16H22N2O. The maximum absolute atomic E-state index is 12.3. The molecule has 0 bridgehead atoms. The largest absolute Gasteiger partial charge is 0.311 e. The molecule has 0 saturated heterocycles. The van der Waals surface area contributed by atoms with E-state index in [9.17, 15) is 4.79 Å². The molecule has 2 aliphatic rings. The van der Waals surface area contributed by atoms with Crippen LogP contribution in [-0.2, 0) is 11.2 Å². The van der Waals surface area contributed by atoms with Gasteiger partial charge in [-0.25, -0.2) is 0 Å². The Bertz CT molecular complexity index is 452. The van der Waals surface area contributed by atoms with Crippen LogP contribution in [0, 0.1) is 0 Å². The summed E-state index contributed by atoms with van der Waals surface area (Å²) in [5.41, 5.74) is 2.41. The summed E-state index contributed by atoms with van der Waals surface area (Å²) in [6.07, 6.45) is 7.40. The smallest absolute Gasteiger partial charge is 0.240 e. The fourth-order valence-electron chi connectivity index (χ4n) is 3.23. The van der Waals surface area contributed by atoms with Gasteiger partial charge >= 0.3 is 0 Å². The van der Waals surface area contributed by atoms with E-state index in [1.54, 1.807) is 0 Å². The number of carbonyl (C=O) groups excluding carboxylic acids is 1. The Morgan fingerprint density at radius 2 is 2.00 bits per heavy atom. The second-order valence-electron chi connectivity index (χ2n) is 5.64. The van der Waals surface area contributed by atoms with Crippen molar-refractivity contribution in [2.24, 2.45) is 0 Å². The summed E-state index contributed by atoms with van der Waals surface area (Å²) in [7, 11) is 0. The zero-order valence-electron chi connectivity index (χ0n) is 11.4. The van der Waals surface area contributed by atoms with Gasteiger partial charge < -0.3 is 10.2 Å². The third-order valence-corrected chi connectivity index (χ3v) is 4.34. The lowest BCUT2D eigenvalue weighted by molar-refractivity contribution is -0.117. The van der Waals surface area contributed by atoms with Crippen LogP contribution in [0.25, 0.3) is 0 Å². The number of carbonyl (C=O) groups is 1. The van der Waals surface area contributed by atoms with Crippen molar-refractivity contribution in [3.05, 3.63) is 29.8 Å². The molecule has 1 aromatic carbocycles. The fourth-order valence-corrected chi connectivity index (χ4v) is 3.23. The van der Waals surface area contributed by atoms with E-state index in [-0.39, 0.29) is 5.91 Å². The summed E-state index contributed by atoms with van der Waals surface area (Å²) in [5, 5.41) is 3.44. The predicted molar refractivity (Wildman–Crippen MR) is 77.4 cm³/mol. The second-order valence-corrected chi connectivity index (χ2v) is 5.64. The highest BCUT2D eigenvalue weighted by molar-refractivity contribution is 5.96. The van der Waals surface area contributed by atoms with Crippen LogP contribution in [0.5, 0.6) is 0 Å². The minimum atomic E-state index is 0.218. The van der Waals surface area contributed by atoms with Crippen LogP contribution in [0.1, 0.15) is 37.7 Å². The number of hydrogen-bond acceptors (Lipinski definition) is 2. The molecule has 3 rings (SSSR count). The van der Waals surface area contributed by atoms with Crippen molar-refractivity contribution < 1.29 is 4.79 Å². The lowest BCUT2D eigenvalue weighted by atomic mass is 9.95. The number of fused-ring (bicyclic) bond motifs is 1. The standard InChI is InChI=1S/C16H22N2O/c19-16(12-17-14-7-2-1-3-8-14)18-11-10-13-6-4-5-9-15(13)18/h4-6,9,14,17H,1-3,7-8,10-12H2. The molecular weight excluding hydrogens is 236 g/mol. The predicted octanol–water partition coefficient (Wildman–Crippen LogP) is 2.50. The van der Waals surface area contributed by atoms with Gasteiger partial charge in [-0.3, -0.25) is 4.79 Å². The van der Waals surface area contributed by atoms with Gasteiger partial charge in [0.2, 0.25) is 5.91 Å². The van der Waals surface area contributed by atoms with E-state index in [2.05, 4.69) is 17.4 Å². The molecule has 0 atom stereocenters. The normalized spacial score (nSPS) is 19.5. The van der Waals surface area contributed by atoms with Gasteiger partial charge in [0.15, 0.2) is 0 Å². The van der Waals surface area contributed by atoms with Crippen LogP contribution >= 0.6 is 0 Å². The zero-order chi connectivity index (χ0) is 13.1. The molecule has 1 saturated carbocycles. The van der Waals surface area contributed by atoms with Crippen molar-refractivity contribution in [3.63, 3.8) is 0 Å². The molecule has 1 aliphatic carbocycles. The van der Waals surface area contributed by atoms with E-state index in [0.717, 1.165) is 18.7 Å². The summed E-state index contributed by atoms with van der Waals surface area (Å²) < 4.78 is 0. The average Bonchev–Trinajstić information content (AvgIpc) is 2.90. The summed E-state index contributed by atoms with van der Waals surface area (Å²) in [5.74, 6) is 0.218. The molecule has 0 unspecified atom stereocenters. The number of rotatable bonds is 3. The van der Waals surface area contributed by atoms with Gasteiger partial charge in [-0.2, -0.15) is 0 Å². The van der Waals surface area contributed by atoms with Gasteiger partial charge in [-0.05, 0) is 30.9 Å². The first-order valence-electron chi connectivity index (χ1n) is 7.46. The Morgan fingerprint density at radius 1 is 1.21 bits per heavy atom. The van der Waals surface area contributed by atoms with E-state index in [4.69, 9.17) is 0 Å². The lowest BCUT2D eigenvalue weighted by Crippen LogP contribution is -2.41. The summed E-state index contributed by atoms with van der Waals surface area (Å²) >= 11 is 0. The van der Waals surface area contributed by atoms with Gasteiger partial charge in [0.25, 0.3) is 0 Å². The molecule has 1 aromatic rings. The Labute approximate surface area is 115 Å². The van der Waals surface area contributed by atoms with Crippen molar-refractivity contribution >= 4 is 11.6 Å². The highest BCUT2D eigenvalue weighted by Crippen LogP contribution is 2.27. The molecule has 1 heterocycles. The Kier molecular flexibility index (Phi) is 3.83. The van der Waals surface area contributed by atoms with Crippen LogP contribution in [-0.4, -0.2) is 25.0 Å². The van der Waals surface area contributed by atoms with Crippen LogP contribution in [0.15, 0.2) is 24.3 Å². The third kappa shape index (κ3) is 2.81. The number of nitrogens with one attached hydrogen (secondary N) is 1. The molecule has 0 spiro atoms. The molecule has 1 aliphatic heterocycles. The van der Waals surface area contributed by atoms with Crippen LogP contribution in [0.4, 0.5) is 5.69 Å². The molecule has 1 fully saturated rings. The van der Waals surface area contributed by atoms with E-state index in [1.807, 2.05) is 17.0 Å². The Balaban J connectivity index is 1.56. The van der Waals surface area contributed by atoms with Gasteiger partial charge in [0.05, 0.1) is 6.54 Å². The van der Waals surface area contributed by atoms with Crippen LogP contribution in [0.3, 0.4) is 0 Å². The first kappa shape index (κ1) is 12.7. The number of nitrogens with zero attached hydrogens (tertiary/aromatic N) is 1. The summed E-state index contributed by atoms with van der Waals surface area (Å²) in [6.45, 7) is 1.32. The maximum Gasteiger partial charge on any atom is 0.240 e. The van der Waals surface area contributed by atoms with E-state index < -0.39 is 0 Å². The minimum absolute atomic E-state index is 0.218. The summed E-state index contributed by atoms with van der Waals surface area (Å²) in [4.78, 5) is 14.2. The average molecular weight is 258 g/mol. The Morgan fingerprint density at radius 3 is 2.84 bits per heavy atom. The molecule has 1 amide bonds. The molecule has 3 nitrogen and oxygen atoms in total. The first-order valence-corrected chi connectivity index (χ1v) is 7.46. The quantitative estimate of drug-likeness (QED) is 0.903. The Hall–Kier alpha value is -1.35. The lowest BCUT2D eigenvalue weighted by Gasteiger charge is -2.24. The number of para-hydroxylation sites is 1. The second kappa shape index (κ2) is 5.74. The highest BCUT2D eigenvalue weighted by atomic mass is 16.2. The van der Waals surface area contributed by atoms with Crippen molar-refractivity contribution in [1.82, 2.24) is 5.32 Å². The number of amides is 1. The van der Waals surface area contributed by atoms with Gasteiger partial charge in [-0.15, -0.1) is 0 Å². The number of benzene rings is 1. The topological polar surface area (TPSA) is 32.3 Å². The molecule has 1 N–H and O–H groups in total. The van der Waals surface area contributed by atoms with Gasteiger partial charge in [0.1, 0.15) is 0 Å². The highest BCUT2D eigenvalue weighted by Gasteiger charge is 2.24. The number of anilines is 1. The fraction of sp³-hybridized carbons (Fsp3) is 0.562. The number of hydrogen-bond donors (Lipinski definition) is 1. The first-order chi connectivity index (χ1) is 9.34. The molecule has 0 radical (unpaired) electrons. The van der Waals surface area contributed by atoms with Crippen molar-refractivity contribution in [2.45, 2.75) is 44.6 Å². The molecule has 19 heavy (non-hydrogen) atoms. The van der Waals surface area contributed by atoms with Crippen LogP contribution < -0.4 is 10.2 Å². The molecule has 0 aromatic heterocycles. The minimum Gasteiger partial charge on any atom is -0.311 e. The molecule has 3 heteroatoms. The van der Waals surface area contributed by atoms with E-state index in [1.165, 1.54) is 37.7 Å². The van der Waals surface area contributed by atoms with Crippen molar-refractivity contribution in [2.75, 3.05) is 18.0 Å². The zero-order valence-corrected chi connectivity index (χ0v) is 11.4. The maximum atomic E-state index is 12.3. The summed E-state index contributed by atoms with van der Waals surface area (Å²) in [6, 6.07) is 8.79.